The van der Waals surface area contributed by atoms with E-state index < -0.39 is 17.3 Å². The van der Waals surface area contributed by atoms with Crippen molar-refractivity contribution < 1.29 is 17.9 Å². The molecule has 0 N–H and O–H groups in total. The Morgan fingerprint density at radius 2 is 1.15 bits per heavy atom. The summed E-state index contributed by atoms with van der Waals surface area (Å²) in [6, 6.07) is 43.2. The maximum Gasteiger partial charge on any atom is 0.417 e. The van der Waals surface area contributed by atoms with Crippen molar-refractivity contribution in [3.63, 3.8) is 0 Å². The smallest absolute Gasteiger partial charge is 0.417 e. The molecule has 1 unspecified atom stereocenters. The van der Waals surface area contributed by atoms with Gasteiger partial charge in [0.05, 0.1) is 16.6 Å². The predicted octanol–water partition coefficient (Wildman–Crippen LogP) is 15.3. The standard InChI is InChI=1S/C53H44F3NOS/c1-50(2,3)33-19-25-44-42(29-33)43-30-34(51(4,5)6)20-26-45(43)57(44)35-21-15-31(16-22-35)52(32-17-23-36(59-7)24-18-32)28-27-41-48(53(54,55)56)47-39-12-9-8-11-37(39)38-13-10-14-40(46(38)47)49(41)58-52/h8-30H,1-7H3. The van der Waals surface area contributed by atoms with Crippen molar-refractivity contribution in [1.82, 2.24) is 4.57 Å². The number of alkyl halides is 3. The average molecular weight is 800 g/mol. The molecule has 0 saturated heterocycles. The highest BCUT2D eigenvalue weighted by Crippen LogP contribution is 2.58. The summed E-state index contributed by atoms with van der Waals surface area (Å²) >= 11 is 1.64. The first-order valence-electron chi connectivity index (χ1n) is 20.1. The maximum atomic E-state index is 15.5. The van der Waals surface area contributed by atoms with E-state index in [4.69, 9.17) is 4.74 Å². The molecule has 7 aromatic carbocycles. The number of fused-ring (bicyclic) bond motifs is 8. The fourth-order valence-corrected chi connectivity index (χ4v) is 9.73. The molecule has 0 saturated carbocycles. The molecule has 0 fully saturated rings. The van der Waals surface area contributed by atoms with Crippen LogP contribution in [0.2, 0.25) is 0 Å². The van der Waals surface area contributed by atoms with Crippen LogP contribution in [0.4, 0.5) is 13.2 Å². The summed E-state index contributed by atoms with van der Waals surface area (Å²) < 4.78 is 55.9. The first kappa shape index (κ1) is 37.5. The van der Waals surface area contributed by atoms with E-state index in [-0.39, 0.29) is 27.7 Å². The molecule has 0 bridgehead atoms. The summed E-state index contributed by atoms with van der Waals surface area (Å²) in [5, 5.41) is 3.65. The van der Waals surface area contributed by atoms with Gasteiger partial charge in [0, 0.05) is 54.4 Å². The van der Waals surface area contributed by atoms with Crippen molar-refractivity contribution in [1.29, 1.82) is 0 Å². The number of thioether (sulfide) groups is 1. The molecule has 59 heavy (non-hydrogen) atoms. The van der Waals surface area contributed by atoms with Gasteiger partial charge in [0.15, 0.2) is 5.60 Å². The van der Waals surface area contributed by atoms with Gasteiger partial charge in [-0.2, -0.15) is 13.2 Å². The normalized spacial score (nSPS) is 16.2. The van der Waals surface area contributed by atoms with Crippen LogP contribution in [0.1, 0.15) is 74.9 Å². The van der Waals surface area contributed by atoms with Crippen LogP contribution in [-0.4, -0.2) is 10.8 Å². The zero-order valence-corrected chi connectivity index (χ0v) is 35.0. The highest BCUT2D eigenvalue weighted by molar-refractivity contribution is 7.98. The first-order valence-corrected chi connectivity index (χ1v) is 21.3. The second-order valence-electron chi connectivity index (χ2n) is 18.0. The molecule has 2 aliphatic rings. The number of benzene rings is 7. The van der Waals surface area contributed by atoms with Crippen LogP contribution < -0.4 is 4.74 Å². The molecule has 294 valence electrons. The average Bonchev–Trinajstić information content (AvgIpc) is 3.73. The molecular formula is C53H44F3NOS. The van der Waals surface area contributed by atoms with E-state index in [0.717, 1.165) is 43.9 Å². The predicted molar refractivity (Wildman–Crippen MR) is 240 cm³/mol. The molecule has 2 heterocycles. The summed E-state index contributed by atoms with van der Waals surface area (Å²) in [7, 11) is 0. The lowest BCUT2D eigenvalue weighted by atomic mass is 9.81. The van der Waals surface area contributed by atoms with Gasteiger partial charge >= 0.3 is 6.18 Å². The lowest BCUT2D eigenvalue weighted by Crippen LogP contribution is -2.35. The highest BCUT2D eigenvalue weighted by Gasteiger charge is 2.46. The Morgan fingerprint density at radius 1 is 0.593 bits per heavy atom. The second kappa shape index (κ2) is 12.9. The van der Waals surface area contributed by atoms with E-state index in [2.05, 4.69) is 107 Å². The Morgan fingerprint density at radius 3 is 1.71 bits per heavy atom. The minimum Gasteiger partial charge on any atom is -0.472 e. The lowest BCUT2D eigenvalue weighted by molar-refractivity contribution is -0.137. The molecule has 1 aliphatic heterocycles. The second-order valence-corrected chi connectivity index (χ2v) is 18.9. The minimum atomic E-state index is -4.63. The molecule has 6 heteroatoms. The Kier molecular flexibility index (Phi) is 8.20. The van der Waals surface area contributed by atoms with Crippen LogP contribution in [0.25, 0.3) is 66.6 Å². The van der Waals surface area contributed by atoms with Crippen LogP contribution in [0.15, 0.2) is 138 Å². The Hall–Kier alpha value is -5.72. The van der Waals surface area contributed by atoms with E-state index in [1.165, 1.54) is 21.9 Å². The number of rotatable bonds is 4. The number of halogens is 3. The quantitative estimate of drug-likeness (QED) is 0.165. The van der Waals surface area contributed by atoms with Crippen molar-refractivity contribution in [3.8, 4) is 33.7 Å². The van der Waals surface area contributed by atoms with Gasteiger partial charge in [0.1, 0.15) is 5.75 Å². The van der Waals surface area contributed by atoms with Crippen LogP contribution in [0, 0.1) is 0 Å². The first-order chi connectivity index (χ1) is 28.1. The highest BCUT2D eigenvalue weighted by atomic mass is 32.2. The van der Waals surface area contributed by atoms with E-state index in [1.807, 2.05) is 66.9 Å². The van der Waals surface area contributed by atoms with Gasteiger partial charge in [-0.05, 0) is 106 Å². The number of hydrogen-bond donors (Lipinski definition) is 0. The van der Waals surface area contributed by atoms with Crippen LogP contribution in [-0.2, 0) is 22.6 Å². The third kappa shape index (κ3) is 5.70. The molecule has 8 aromatic rings. The van der Waals surface area contributed by atoms with Crippen molar-refractivity contribution >= 4 is 50.4 Å². The zero-order valence-electron chi connectivity index (χ0n) is 34.2. The number of ether oxygens (including phenoxy) is 1. The molecule has 0 radical (unpaired) electrons. The largest absolute Gasteiger partial charge is 0.472 e. The fraction of sp³-hybridized carbons (Fsp3) is 0.208. The van der Waals surface area contributed by atoms with Crippen LogP contribution in [0.3, 0.4) is 0 Å². The van der Waals surface area contributed by atoms with E-state index in [1.54, 1.807) is 30.0 Å². The van der Waals surface area contributed by atoms with E-state index >= 15 is 13.2 Å². The van der Waals surface area contributed by atoms with Gasteiger partial charge in [0.25, 0.3) is 0 Å². The Balaban J connectivity index is 1.18. The molecular weight excluding hydrogens is 756 g/mol. The third-order valence-electron chi connectivity index (χ3n) is 12.4. The van der Waals surface area contributed by atoms with E-state index in [0.29, 0.717) is 16.3 Å². The van der Waals surface area contributed by atoms with Crippen LogP contribution in [0.5, 0.6) is 5.75 Å². The summed E-state index contributed by atoms with van der Waals surface area (Å²) in [5.41, 5.74) is 7.93. The zero-order chi connectivity index (χ0) is 41.2. The number of nitrogens with zero attached hydrogens (tertiary/aromatic N) is 1. The third-order valence-corrected chi connectivity index (χ3v) is 13.2. The van der Waals surface area contributed by atoms with Gasteiger partial charge in [-0.1, -0.05) is 120 Å². The van der Waals surface area contributed by atoms with Gasteiger partial charge in [0.2, 0.25) is 0 Å². The number of aromatic nitrogens is 1. The molecule has 2 nitrogen and oxygen atoms in total. The molecule has 10 rings (SSSR count). The van der Waals surface area contributed by atoms with Crippen molar-refractivity contribution in [2.45, 2.75) is 69.0 Å². The van der Waals surface area contributed by atoms with Crippen LogP contribution >= 0.6 is 11.8 Å². The number of hydrogen-bond acceptors (Lipinski definition) is 2. The molecule has 0 amide bonds. The van der Waals surface area contributed by atoms with Gasteiger partial charge in [-0.15, -0.1) is 11.8 Å². The fourth-order valence-electron chi connectivity index (χ4n) is 9.33. The summed E-state index contributed by atoms with van der Waals surface area (Å²) in [4.78, 5) is 1.08. The molecule has 1 aromatic heterocycles. The van der Waals surface area contributed by atoms with Crippen molar-refractivity contribution in [3.05, 3.63) is 167 Å². The molecule has 1 aliphatic carbocycles. The van der Waals surface area contributed by atoms with Gasteiger partial charge in [-0.25, -0.2) is 0 Å². The SMILES string of the molecule is CSc1ccc(C2(c3ccc(-n4c5ccc(C(C)(C)C)cc5c5cc(C(C)(C)C)ccc54)cc3)C=Cc3c(C(F)(F)F)c4c5c(cccc5c3O2)-c2ccccc2-4)cc1. The van der Waals surface area contributed by atoms with Gasteiger partial charge < -0.3 is 9.30 Å². The summed E-state index contributed by atoms with van der Waals surface area (Å²) in [5.74, 6) is 0.234. The Bertz CT molecular complexity index is 2980. The minimum absolute atomic E-state index is 0.0164. The Labute approximate surface area is 347 Å². The van der Waals surface area contributed by atoms with Gasteiger partial charge in [-0.3, -0.25) is 0 Å². The summed E-state index contributed by atoms with van der Waals surface area (Å²) in [6.45, 7) is 13.5. The summed E-state index contributed by atoms with van der Waals surface area (Å²) in [6.07, 6.45) is 0.865. The maximum absolute atomic E-state index is 15.5. The monoisotopic (exact) mass is 799 g/mol. The molecule has 1 atom stereocenters. The molecule has 0 spiro atoms. The lowest BCUT2D eigenvalue weighted by Gasteiger charge is -2.38. The topological polar surface area (TPSA) is 14.2 Å². The van der Waals surface area contributed by atoms with Crippen molar-refractivity contribution in [2.24, 2.45) is 0 Å². The van der Waals surface area contributed by atoms with Crippen molar-refractivity contribution in [2.75, 3.05) is 6.26 Å². The van der Waals surface area contributed by atoms with E-state index in [9.17, 15) is 0 Å².